The molecule has 8 heteroatoms. The summed E-state index contributed by atoms with van der Waals surface area (Å²) >= 11 is 0. The predicted molar refractivity (Wildman–Crippen MR) is 105 cm³/mol. The van der Waals surface area contributed by atoms with Crippen molar-refractivity contribution in [2.24, 2.45) is 4.99 Å². The number of hydrogen-bond acceptors (Lipinski definition) is 4. The van der Waals surface area contributed by atoms with Gasteiger partial charge >= 0.3 is 0 Å². The van der Waals surface area contributed by atoms with E-state index in [1.807, 2.05) is 6.92 Å². The minimum absolute atomic E-state index is 0. The number of nitrogens with one attached hydrogen (secondary N) is 1. The van der Waals surface area contributed by atoms with Gasteiger partial charge in [-0.3, -0.25) is 15.1 Å². The van der Waals surface area contributed by atoms with Crippen LogP contribution in [0, 0.1) is 10.1 Å². The molecule has 0 aliphatic carbocycles. The van der Waals surface area contributed by atoms with E-state index in [1.165, 1.54) is 12.1 Å². The standard InChI is InChI=1S/C16H24N4O3.HI/c1-3-23-15-8-10-19(11-9-15)16(17-2)18-12-13-4-6-14(7-5-13)20(21)22;/h4-7,15H,3,8-12H2,1-2H3,(H,17,18);1H. The normalized spacial score (nSPS) is 15.8. The van der Waals surface area contributed by atoms with E-state index in [2.05, 4.69) is 15.2 Å². The van der Waals surface area contributed by atoms with Crippen LogP contribution in [0.5, 0.6) is 0 Å². The number of nitro groups is 1. The van der Waals surface area contributed by atoms with E-state index in [9.17, 15) is 10.1 Å². The first-order chi connectivity index (χ1) is 11.1. The number of nitro benzene ring substituents is 1. The van der Waals surface area contributed by atoms with Crippen LogP contribution >= 0.6 is 24.0 Å². The first-order valence-corrected chi connectivity index (χ1v) is 7.94. The zero-order valence-electron chi connectivity index (χ0n) is 14.1. The lowest BCUT2D eigenvalue weighted by atomic mass is 10.1. The Bertz CT molecular complexity index is 543. The van der Waals surface area contributed by atoms with Crippen molar-refractivity contribution >= 4 is 35.6 Å². The number of benzene rings is 1. The molecule has 1 aliphatic heterocycles. The monoisotopic (exact) mass is 448 g/mol. The minimum Gasteiger partial charge on any atom is -0.378 e. The number of ether oxygens (including phenoxy) is 1. The lowest BCUT2D eigenvalue weighted by molar-refractivity contribution is -0.384. The van der Waals surface area contributed by atoms with Gasteiger partial charge in [-0.15, -0.1) is 24.0 Å². The molecule has 1 fully saturated rings. The van der Waals surface area contributed by atoms with Crippen LogP contribution < -0.4 is 5.32 Å². The second kappa shape index (κ2) is 10.4. The highest BCUT2D eigenvalue weighted by Gasteiger charge is 2.21. The predicted octanol–water partition coefficient (Wildman–Crippen LogP) is 2.79. The molecule has 134 valence electrons. The Morgan fingerprint density at radius 1 is 1.38 bits per heavy atom. The highest BCUT2D eigenvalue weighted by Crippen LogP contribution is 2.14. The third kappa shape index (κ3) is 5.90. The highest BCUT2D eigenvalue weighted by atomic mass is 127. The fourth-order valence-corrected chi connectivity index (χ4v) is 2.72. The molecular formula is C16H25IN4O3. The summed E-state index contributed by atoms with van der Waals surface area (Å²) in [4.78, 5) is 16.8. The van der Waals surface area contributed by atoms with E-state index < -0.39 is 4.92 Å². The Morgan fingerprint density at radius 2 is 2.00 bits per heavy atom. The average molecular weight is 448 g/mol. The second-order valence-electron chi connectivity index (χ2n) is 5.47. The topological polar surface area (TPSA) is 80.0 Å². The second-order valence-corrected chi connectivity index (χ2v) is 5.47. The zero-order chi connectivity index (χ0) is 16.7. The summed E-state index contributed by atoms with van der Waals surface area (Å²) in [5.41, 5.74) is 1.09. The van der Waals surface area contributed by atoms with Gasteiger partial charge in [0.2, 0.25) is 0 Å². The van der Waals surface area contributed by atoms with E-state index in [0.29, 0.717) is 12.6 Å². The van der Waals surface area contributed by atoms with Gasteiger partial charge < -0.3 is 15.0 Å². The number of hydrogen-bond donors (Lipinski definition) is 1. The van der Waals surface area contributed by atoms with Crippen LogP contribution in [-0.4, -0.2) is 48.6 Å². The van der Waals surface area contributed by atoms with E-state index in [4.69, 9.17) is 4.74 Å². The molecule has 0 aromatic heterocycles. The minimum atomic E-state index is -0.390. The molecule has 0 atom stereocenters. The molecule has 0 unspecified atom stereocenters. The van der Waals surface area contributed by atoms with Crippen molar-refractivity contribution in [2.75, 3.05) is 26.7 Å². The van der Waals surface area contributed by atoms with E-state index in [-0.39, 0.29) is 29.7 Å². The summed E-state index contributed by atoms with van der Waals surface area (Å²) in [5.74, 6) is 0.860. The van der Waals surface area contributed by atoms with Gasteiger partial charge in [0.1, 0.15) is 0 Å². The molecule has 0 saturated carbocycles. The molecule has 24 heavy (non-hydrogen) atoms. The third-order valence-corrected chi connectivity index (χ3v) is 3.95. The van der Waals surface area contributed by atoms with E-state index in [0.717, 1.165) is 44.1 Å². The number of likely N-dealkylation sites (tertiary alicyclic amines) is 1. The molecule has 2 rings (SSSR count). The number of aliphatic imine (C=N–C) groups is 1. The summed E-state index contributed by atoms with van der Waals surface area (Å²) in [7, 11) is 1.77. The van der Waals surface area contributed by atoms with E-state index in [1.54, 1.807) is 19.2 Å². The van der Waals surface area contributed by atoms with Gasteiger partial charge in [0.05, 0.1) is 11.0 Å². The molecule has 1 N–H and O–H groups in total. The van der Waals surface area contributed by atoms with Crippen molar-refractivity contribution in [1.29, 1.82) is 0 Å². The maximum Gasteiger partial charge on any atom is 0.269 e. The van der Waals surface area contributed by atoms with Crippen LogP contribution in [-0.2, 0) is 11.3 Å². The number of rotatable bonds is 5. The fraction of sp³-hybridized carbons (Fsp3) is 0.562. The number of piperidine rings is 1. The van der Waals surface area contributed by atoms with Crippen LogP contribution in [0.15, 0.2) is 29.3 Å². The summed E-state index contributed by atoms with van der Waals surface area (Å²) in [6.07, 6.45) is 2.36. The quantitative estimate of drug-likeness (QED) is 0.247. The number of guanidine groups is 1. The van der Waals surface area contributed by atoms with E-state index >= 15 is 0 Å². The van der Waals surface area contributed by atoms with Crippen LogP contribution in [0.25, 0.3) is 0 Å². The molecule has 1 aromatic rings. The molecule has 1 saturated heterocycles. The summed E-state index contributed by atoms with van der Waals surface area (Å²) in [5, 5.41) is 14.0. The van der Waals surface area contributed by atoms with Gasteiger partial charge in [-0.1, -0.05) is 12.1 Å². The van der Waals surface area contributed by atoms with Gasteiger partial charge in [0.25, 0.3) is 5.69 Å². The number of halogens is 1. The molecule has 0 amide bonds. The van der Waals surface area contributed by atoms with Crippen LogP contribution in [0.1, 0.15) is 25.3 Å². The Hall–Kier alpha value is -1.42. The van der Waals surface area contributed by atoms with Crippen molar-refractivity contribution in [1.82, 2.24) is 10.2 Å². The van der Waals surface area contributed by atoms with Crippen molar-refractivity contribution in [3.63, 3.8) is 0 Å². The van der Waals surface area contributed by atoms with Gasteiger partial charge in [0.15, 0.2) is 5.96 Å². The SMILES string of the molecule is CCOC1CCN(C(=NC)NCc2ccc([N+](=O)[O-])cc2)CC1.I. The van der Waals surface area contributed by atoms with Crippen molar-refractivity contribution < 1.29 is 9.66 Å². The lowest BCUT2D eigenvalue weighted by Gasteiger charge is -2.34. The highest BCUT2D eigenvalue weighted by molar-refractivity contribution is 14.0. The molecule has 0 spiro atoms. The summed E-state index contributed by atoms with van der Waals surface area (Å²) in [6, 6.07) is 6.57. The first-order valence-electron chi connectivity index (χ1n) is 7.94. The van der Waals surface area contributed by atoms with Gasteiger partial charge in [0, 0.05) is 45.4 Å². The molecule has 0 radical (unpaired) electrons. The van der Waals surface area contributed by atoms with Crippen molar-refractivity contribution in [2.45, 2.75) is 32.4 Å². The van der Waals surface area contributed by atoms with Crippen molar-refractivity contribution in [3.8, 4) is 0 Å². The van der Waals surface area contributed by atoms with Crippen LogP contribution in [0.3, 0.4) is 0 Å². The Labute approximate surface area is 159 Å². The summed E-state index contributed by atoms with van der Waals surface area (Å²) < 4.78 is 5.66. The van der Waals surface area contributed by atoms with Gasteiger partial charge in [-0.05, 0) is 25.3 Å². The molecule has 1 heterocycles. The fourth-order valence-electron chi connectivity index (χ4n) is 2.72. The molecule has 1 aromatic carbocycles. The van der Waals surface area contributed by atoms with Gasteiger partial charge in [-0.25, -0.2) is 0 Å². The Morgan fingerprint density at radius 3 is 2.50 bits per heavy atom. The molecule has 1 aliphatic rings. The lowest BCUT2D eigenvalue weighted by Crippen LogP contribution is -2.46. The van der Waals surface area contributed by atoms with Crippen LogP contribution in [0.4, 0.5) is 5.69 Å². The summed E-state index contributed by atoms with van der Waals surface area (Å²) in [6.45, 7) is 5.22. The maximum atomic E-state index is 10.7. The Balaban J connectivity index is 0.00000288. The Kier molecular flexibility index (Phi) is 8.98. The number of non-ortho nitro benzene ring substituents is 1. The maximum absolute atomic E-state index is 10.7. The molecular weight excluding hydrogens is 423 g/mol. The average Bonchev–Trinajstić information content (AvgIpc) is 2.57. The number of nitrogens with zero attached hydrogens (tertiary/aromatic N) is 3. The smallest absolute Gasteiger partial charge is 0.269 e. The molecule has 7 nitrogen and oxygen atoms in total. The van der Waals surface area contributed by atoms with Crippen molar-refractivity contribution in [3.05, 3.63) is 39.9 Å². The largest absolute Gasteiger partial charge is 0.378 e. The zero-order valence-corrected chi connectivity index (χ0v) is 16.4. The molecule has 0 bridgehead atoms. The van der Waals surface area contributed by atoms with Gasteiger partial charge in [-0.2, -0.15) is 0 Å². The van der Waals surface area contributed by atoms with Crippen LogP contribution in [0.2, 0.25) is 0 Å². The first kappa shape index (κ1) is 20.6. The third-order valence-electron chi connectivity index (χ3n) is 3.95.